The Hall–Kier alpha value is -2.88. The fraction of sp³-hybridized carbons (Fsp3) is 0.278. The van der Waals surface area contributed by atoms with E-state index in [0.29, 0.717) is 17.5 Å². The molecule has 6 nitrogen and oxygen atoms in total. The predicted molar refractivity (Wildman–Crippen MR) is 102 cm³/mol. The van der Waals surface area contributed by atoms with E-state index < -0.39 is 11.9 Å². The van der Waals surface area contributed by atoms with Gasteiger partial charge in [-0.15, -0.1) is 11.3 Å². The van der Waals surface area contributed by atoms with Crippen LogP contribution in [0.5, 0.6) is 0 Å². The average molecular weight is 408 g/mol. The highest BCUT2D eigenvalue weighted by Crippen LogP contribution is 2.29. The molecule has 0 radical (unpaired) electrons. The molecular weight excluding hydrogens is 389 g/mol. The van der Waals surface area contributed by atoms with Crippen LogP contribution in [0.1, 0.15) is 21.8 Å². The van der Waals surface area contributed by atoms with E-state index in [4.69, 9.17) is 0 Å². The minimum absolute atomic E-state index is 0.171. The lowest BCUT2D eigenvalue weighted by Gasteiger charge is -2.11. The lowest BCUT2D eigenvalue weighted by molar-refractivity contribution is -0.140. The van der Waals surface area contributed by atoms with Crippen molar-refractivity contribution in [1.82, 2.24) is 25.2 Å². The predicted octanol–water partition coefficient (Wildman–Crippen LogP) is 3.27. The van der Waals surface area contributed by atoms with Crippen LogP contribution in [0, 0.1) is 0 Å². The van der Waals surface area contributed by atoms with Gasteiger partial charge in [-0.05, 0) is 11.1 Å². The first-order chi connectivity index (χ1) is 13.4. The molecule has 0 amide bonds. The number of aromatic nitrogens is 3. The van der Waals surface area contributed by atoms with E-state index in [1.54, 1.807) is 19.6 Å². The first kappa shape index (κ1) is 19.9. The van der Waals surface area contributed by atoms with Crippen LogP contribution in [0.4, 0.5) is 13.2 Å². The lowest BCUT2D eigenvalue weighted by atomic mass is 10.1. The molecule has 0 aliphatic carbocycles. The smallest absolute Gasteiger partial charge is 0.352 e. The van der Waals surface area contributed by atoms with E-state index in [0.717, 1.165) is 34.4 Å². The lowest BCUT2D eigenvalue weighted by Crippen LogP contribution is -2.36. The van der Waals surface area contributed by atoms with E-state index in [1.165, 1.54) is 0 Å². The number of benzene rings is 1. The Kier molecular flexibility index (Phi) is 6.30. The summed E-state index contributed by atoms with van der Waals surface area (Å²) in [4.78, 5) is 11.7. The third-order valence-electron chi connectivity index (χ3n) is 3.88. The zero-order valence-electron chi connectivity index (χ0n) is 15.1. The maximum absolute atomic E-state index is 12.6. The molecule has 0 unspecified atom stereocenters. The van der Waals surface area contributed by atoms with Gasteiger partial charge in [0, 0.05) is 37.9 Å². The van der Waals surface area contributed by atoms with E-state index in [9.17, 15) is 13.2 Å². The third kappa shape index (κ3) is 5.56. The minimum Gasteiger partial charge on any atom is -0.352 e. The number of halogens is 3. The van der Waals surface area contributed by atoms with Crippen molar-refractivity contribution in [2.75, 3.05) is 7.05 Å². The van der Waals surface area contributed by atoms with E-state index in [2.05, 4.69) is 25.6 Å². The molecule has 0 saturated heterocycles. The van der Waals surface area contributed by atoms with Crippen LogP contribution in [-0.2, 0) is 25.8 Å². The van der Waals surface area contributed by atoms with Gasteiger partial charge in [0.2, 0.25) is 0 Å². The summed E-state index contributed by atoms with van der Waals surface area (Å²) in [6.45, 7) is 1.46. The highest BCUT2D eigenvalue weighted by molar-refractivity contribution is 7.09. The van der Waals surface area contributed by atoms with Gasteiger partial charge in [-0.2, -0.15) is 13.2 Å². The summed E-state index contributed by atoms with van der Waals surface area (Å²) in [5.41, 5.74) is 1.35. The van der Waals surface area contributed by atoms with Gasteiger partial charge in [0.1, 0.15) is 5.01 Å². The highest BCUT2D eigenvalue weighted by Gasteiger charge is 2.33. The van der Waals surface area contributed by atoms with Crippen molar-refractivity contribution in [3.63, 3.8) is 0 Å². The first-order valence-electron chi connectivity index (χ1n) is 8.43. The van der Waals surface area contributed by atoms with Gasteiger partial charge in [-0.25, -0.2) is 9.97 Å². The monoisotopic (exact) mass is 408 g/mol. The molecule has 0 aliphatic rings. The Bertz CT molecular complexity index is 900. The molecule has 2 N–H and O–H groups in total. The zero-order chi connectivity index (χ0) is 20.0. The molecule has 3 rings (SSSR count). The Morgan fingerprint density at radius 2 is 1.86 bits per heavy atom. The van der Waals surface area contributed by atoms with Crippen molar-refractivity contribution in [2.45, 2.75) is 25.8 Å². The highest BCUT2D eigenvalue weighted by atomic mass is 32.1. The number of guanidine groups is 1. The number of thiazole rings is 1. The number of rotatable bonds is 6. The Balaban J connectivity index is 1.48. The van der Waals surface area contributed by atoms with Crippen molar-refractivity contribution in [2.24, 2.45) is 4.99 Å². The second-order valence-corrected chi connectivity index (χ2v) is 6.90. The van der Waals surface area contributed by atoms with Crippen LogP contribution in [0.15, 0.2) is 53.4 Å². The fourth-order valence-corrected chi connectivity index (χ4v) is 3.18. The Labute approximate surface area is 164 Å². The van der Waals surface area contributed by atoms with E-state index in [1.807, 2.05) is 35.0 Å². The second kappa shape index (κ2) is 8.87. The summed E-state index contributed by atoms with van der Waals surface area (Å²) in [6, 6.07) is 8.12. The van der Waals surface area contributed by atoms with Crippen LogP contribution in [0.3, 0.4) is 0 Å². The van der Waals surface area contributed by atoms with Crippen LogP contribution in [0.25, 0.3) is 0 Å². The van der Waals surface area contributed by atoms with Crippen LogP contribution in [-0.4, -0.2) is 27.5 Å². The van der Waals surface area contributed by atoms with Crippen molar-refractivity contribution >= 4 is 17.3 Å². The molecule has 0 bridgehead atoms. The largest absolute Gasteiger partial charge is 0.434 e. The summed E-state index contributed by atoms with van der Waals surface area (Å²) in [5, 5.41) is 7.47. The molecule has 0 saturated carbocycles. The number of nitrogens with zero attached hydrogens (tertiary/aromatic N) is 4. The van der Waals surface area contributed by atoms with E-state index in [-0.39, 0.29) is 6.54 Å². The van der Waals surface area contributed by atoms with Crippen molar-refractivity contribution < 1.29 is 13.2 Å². The van der Waals surface area contributed by atoms with E-state index >= 15 is 0 Å². The standard InChI is InChI=1S/C18H19F3N6S/c1-22-17(25-9-16-26-15(11-28-16)18(19,20)21)24-8-13-2-4-14(5-3-13)10-27-7-6-23-12-27/h2-7,11-12H,8-10H2,1H3,(H2,22,24,25). The van der Waals surface area contributed by atoms with Crippen molar-refractivity contribution in [1.29, 1.82) is 0 Å². The topological polar surface area (TPSA) is 67.1 Å². The van der Waals surface area contributed by atoms with Crippen molar-refractivity contribution in [3.05, 3.63) is 70.2 Å². The molecule has 0 aliphatic heterocycles. The quantitative estimate of drug-likeness (QED) is 0.485. The normalized spacial score (nSPS) is 12.2. The van der Waals surface area contributed by atoms with Gasteiger partial charge in [-0.1, -0.05) is 24.3 Å². The van der Waals surface area contributed by atoms with Gasteiger partial charge in [0.05, 0.1) is 12.9 Å². The summed E-state index contributed by atoms with van der Waals surface area (Å²) in [6.07, 6.45) is 1.00. The number of aliphatic imine (C=N–C) groups is 1. The molecule has 10 heteroatoms. The summed E-state index contributed by atoms with van der Waals surface area (Å²) < 4.78 is 39.8. The molecule has 2 aromatic heterocycles. The van der Waals surface area contributed by atoms with Crippen LogP contribution < -0.4 is 10.6 Å². The maximum atomic E-state index is 12.6. The maximum Gasteiger partial charge on any atom is 0.434 e. The number of alkyl halides is 3. The molecule has 2 heterocycles. The Morgan fingerprint density at radius 1 is 1.14 bits per heavy atom. The molecule has 148 valence electrons. The van der Waals surface area contributed by atoms with Gasteiger partial charge in [0.15, 0.2) is 11.7 Å². The molecule has 0 atom stereocenters. The van der Waals surface area contributed by atoms with Gasteiger partial charge < -0.3 is 15.2 Å². The van der Waals surface area contributed by atoms with Gasteiger partial charge in [-0.3, -0.25) is 4.99 Å². The average Bonchev–Trinajstić information content (AvgIpc) is 3.35. The van der Waals surface area contributed by atoms with Gasteiger partial charge >= 0.3 is 6.18 Å². The molecular formula is C18H19F3N6S. The number of imidazole rings is 1. The SMILES string of the molecule is CN=C(NCc1ccc(Cn2ccnc2)cc1)NCc1nc(C(F)(F)F)cs1. The second-order valence-electron chi connectivity index (χ2n) is 5.96. The molecule has 3 aromatic rings. The first-order valence-corrected chi connectivity index (χ1v) is 9.31. The third-order valence-corrected chi connectivity index (χ3v) is 4.73. The van der Waals surface area contributed by atoms with Crippen LogP contribution in [0.2, 0.25) is 0 Å². The number of nitrogens with one attached hydrogen (secondary N) is 2. The van der Waals surface area contributed by atoms with Gasteiger partial charge in [0.25, 0.3) is 0 Å². The molecule has 1 aromatic carbocycles. The summed E-state index contributed by atoms with van der Waals surface area (Å²) in [7, 11) is 1.60. The molecule has 0 fully saturated rings. The Morgan fingerprint density at radius 3 is 2.46 bits per heavy atom. The minimum atomic E-state index is -4.42. The zero-order valence-corrected chi connectivity index (χ0v) is 15.9. The van der Waals surface area contributed by atoms with Crippen LogP contribution >= 0.6 is 11.3 Å². The molecule has 28 heavy (non-hydrogen) atoms. The molecule has 0 spiro atoms. The summed E-state index contributed by atoms with van der Waals surface area (Å²) >= 11 is 0.963. The summed E-state index contributed by atoms with van der Waals surface area (Å²) in [5.74, 6) is 0.492. The number of hydrogen-bond acceptors (Lipinski definition) is 4. The number of hydrogen-bond donors (Lipinski definition) is 2. The fourth-order valence-electron chi connectivity index (χ4n) is 2.44. The van der Waals surface area contributed by atoms with Crippen molar-refractivity contribution in [3.8, 4) is 0 Å².